The second-order valence-electron chi connectivity index (χ2n) is 6.24. The Kier molecular flexibility index (Phi) is 3.22. The Hall–Kier alpha value is -0.770. The molecular formula is C14H25N3O. The smallest absolute Gasteiger partial charge is 0.194 e. The quantitative estimate of drug-likeness (QED) is 0.596. The number of nitrogens with zero attached hydrogens (tertiary/aromatic N) is 2. The molecule has 3 rings (SSSR count). The van der Waals surface area contributed by atoms with E-state index in [1.54, 1.807) is 0 Å². The van der Waals surface area contributed by atoms with Crippen LogP contribution in [0.15, 0.2) is 4.99 Å². The van der Waals surface area contributed by atoms with Crippen molar-refractivity contribution in [2.75, 3.05) is 32.8 Å². The summed E-state index contributed by atoms with van der Waals surface area (Å²) in [6.45, 7) is 9.43. The van der Waals surface area contributed by atoms with E-state index in [-0.39, 0.29) is 0 Å². The van der Waals surface area contributed by atoms with Gasteiger partial charge in [-0.15, -0.1) is 0 Å². The van der Waals surface area contributed by atoms with Crippen molar-refractivity contribution >= 4 is 5.96 Å². The summed E-state index contributed by atoms with van der Waals surface area (Å²) >= 11 is 0. The summed E-state index contributed by atoms with van der Waals surface area (Å²) in [5.41, 5.74) is 0.422. The molecule has 102 valence electrons. The SMILES string of the molecule is CCN=C(NC1CC1C)N1CCC2(CCOC2)C1. The highest BCUT2D eigenvalue weighted by Crippen LogP contribution is 2.38. The summed E-state index contributed by atoms with van der Waals surface area (Å²) in [4.78, 5) is 7.11. The minimum Gasteiger partial charge on any atom is -0.381 e. The van der Waals surface area contributed by atoms with Gasteiger partial charge in [0.05, 0.1) is 6.61 Å². The summed E-state index contributed by atoms with van der Waals surface area (Å²) in [5.74, 6) is 1.95. The van der Waals surface area contributed by atoms with Gasteiger partial charge >= 0.3 is 0 Å². The van der Waals surface area contributed by atoms with Gasteiger partial charge in [0.15, 0.2) is 5.96 Å². The van der Waals surface area contributed by atoms with Crippen molar-refractivity contribution < 1.29 is 4.74 Å². The van der Waals surface area contributed by atoms with Gasteiger partial charge in [0, 0.05) is 37.7 Å². The Morgan fingerprint density at radius 2 is 2.33 bits per heavy atom. The van der Waals surface area contributed by atoms with Gasteiger partial charge in [0.25, 0.3) is 0 Å². The number of hydrogen-bond acceptors (Lipinski definition) is 2. The number of ether oxygens (including phenoxy) is 1. The molecule has 1 spiro atoms. The first kappa shape index (κ1) is 12.3. The molecule has 0 amide bonds. The molecule has 1 N–H and O–H groups in total. The predicted molar refractivity (Wildman–Crippen MR) is 72.7 cm³/mol. The maximum atomic E-state index is 5.59. The lowest BCUT2D eigenvalue weighted by molar-refractivity contribution is 0.156. The van der Waals surface area contributed by atoms with E-state index in [0.29, 0.717) is 11.5 Å². The van der Waals surface area contributed by atoms with Crippen molar-refractivity contribution in [2.45, 2.75) is 39.2 Å². The van der Waals surface area contributed by atoms with E-state index in [1.165, 1.54) is 19.3 Å². The maximum Gasteiger partial charge on any atom is 0.194 e. The molecule has 1 aliphatic carbocycles. The fraction of sp³-hybridized carbons (Fsp3) is 0.929. The van der Waals surface area contributed by atoms with Crippen LogP contribution in [0.3, 0.4) is 0 Å². The third-order valence-corrected chi connectivity index (χ3v) is 4.65. The van der Waals surface area contributed by atoms with Crippen LogP contribution in [0.25, 0.3) is 0 Å². The molecule has 0 aromatic rings. The molecule has 3 atom stereocenters. The molecule has 2 saturated heterocycles. The van der Waals surface area contributed by atoms with Crippen LogP contribution in [0, 0.1) is 11.3 Å². The molecule has 4 heteroatoms. The average molecular weight is 251 g/mol. The molecule has 2 heterocycles. The van der Waals surface area contributed by atoms with E-state index < -0.39 is 0 Å². The molecule has 0 aromatic carbocycles. The largest absolute Gasteiger partial charge is 0.381 e. The third kappa shape index (κ3) is 2.35. The lowest BCUT2D eigenvalue weighted by Gasteiger charge is -2.25. The lowest BCUT2D eigenvalue weighted by atomic mass is 9.87. The van der Waals surface area contributed by atoms with Crippen LogP contribution in [0.5, 0.6) is 0 Å². The summed E-state index contributed by atoms with van der Waals surface area (Å²) < 4.78 is 5.59. The van der Waals surface area contributed by atoms with E-state index in [4.69, 9.17) is 4.74 Å². The standard InChI is InChI=1S/C14H25N3O/c1-3-15-13(16-12-8-11(12)2)17-6-4-14(9-17)5-7-18-10-14/h11-12H,3-10H2,1-2H3,(H,15,16). The van der Waals surface area contributed by atoms with Crippen molar-refractivity contribution in [3.8, 4) is 0 Å². The van der Waals surface area contributed by atoms with E-state index in [9.17, 15) is 0 Å². The summed E-state index contributed by atoms with van der Waals surface area (Å²) in [5, 5.41) is 3.63. The molecule has 3 aliphatic rings. The first-order valence-electron chi connectivity index (χ1n) is 7.36. The Morgan fingerprint density at radius 1 is 1.50 bits per heavy atom. The van der Waals surface area contributed by atoms with Gasteiger partial charge < -0.3 is 15.0 Å². The molecule has 0 aromatic heterocycles. The van der Waals surface area contributed by atoms with Gasteiger partial charge in [-0.2, -0.15) is 0 Å². The summed E-state index contributed by atoms with van der Waals surface area (Å²) in [6.07, 6.45) is 3.78. The number of nitrogens with one attached hydrogen (secondary N) is 1. The zero-order chi connectivity index (χ0) is 12.6. The highest BCUT2D eigenvalue weighted by molar-refractivity contribution is 5.81. The maximum absolute atomic E-state index is 5.59. The Morgan fingerprint density at radius 3 is 2.94 bits per heavy atom. The van der Waals surface area contributed by atoms with Gasteiger partial charge in [-0.1, -0.05) is 6.92 Å². The molecule has 4 nitrogen and oxygen atoms in total. The van der Waals surface area contributed by atoms with Crippen LogP contribution >= 0.6 is 0 Å². The Labute approximate surface area is 110 Å². The lowest BCUT2D eigenvalue weighted by Crippen LogP contribution is -2.43. The zero-order valence-electron chi connectivity index (χ0n) is 11.6. The molecule has 3 unspecified atom stereocenters. The second-order valence-corrected chi connectivity index (χ2v) is 6.24. The van der Waals surface area contributed by atoms with E-state index in [2.05, 4.69) is 29.1 Å². The van der Waals surface area contributed by atoms with E-state index in [1.807, 2.05) is 0 Å². The molecule has 1 saturated carbocycles. The number of guanidine groups is 1. The fourth-order valence-electron chi connectivity index (χ4n) is 3.16. The number of rotatable bonds is 2. The third-order valence-electron chi connectivity index (χ3n) is 4.65. The molecule has 0 radical (unpaired) electrons. The van der Waals surface area contributed by atoms with Crippen molar-refractivity contribution in [1.29, 1.82) is 0 Å². The van der Waals surface area contributed by atoms with Gasteiger partial charge in [0.1, 0.15) is 0 Å². The van der Waals surface area contributed by atoms with Crippen molar-refractivity contribution in [3.63, 3.8) is 0 Å². The van der Waals surface area contributed by atoms with Crippen LogP contribution in [-0.4, -0.2) is 49.7 Å². The Balaban J connectivity index is 1.63. The van der Waals surface area contributed by atoms with Crippen molar-refractivity contribution in [1.82, 2.24) is 10.2 Å². The molecular weight excluding hydrogens is 226 g/mol. The minimum atomic E-state index is 0.422. The van der Waals surface area contributed by atoms with Gasteiger partial charge in [0.2, 0.25) is 0 Å². The normalized spacial score (nSPS) is 39.7. The Bertz CT molecular complexity index is 336. The monoisotopic (exact) mass is 251 g/mol. The van der Waals surface area contributed by atoms with Crippen LogP contribution in [0.1, 0.15) is 33.1 Å². The number of aliphatic imine (C=N–C) groups is 1. The molecule has 0 bridgehead atoms. The first-order chi connectivity index (χ1) is 8.72. The molecule has 2 aliphatic heterocycles. The van der Waals surface area contributed by atoms with Crippen LogP contribution in [0.2, 0.25) is 0 Å². The highest BCUT2D eigenvalue weighted by Gasteiger charge is 2.43. The summed E-state index contributed by atoms with van der Waals surface area (Å²) in [6, 6.07) is 0.659. The van der Waals surface area contributed by atoms with Crippen molar-refractivity contribution in [3.05, 3.63) is 0 Å². The minimum absolute atomic E-state index is 0.422. The van der Waals surface area contributed by atoms with Gasteiger partial charge in [-0.3, -0.25) is 4.99 Å². The second kappa shape index (κ2) is 4.72. The van der Waals surface area contributed by atoms with Gasteiger partial charge in [-0.25, -0.2) is 0 Å². The van der Waals surface area contributed by atoms with Crippen LogP contribution in [0.4, 0.5) is 0 Å². The van der Waals surface area contributed by atoms with Crippen molar-refractivity contribution in [2.24, 2.45) is 16.3 Å². The van der Waals surface area contributed by atoms with E-state index in [0.717, 1.165) is 44.7 Å². The number of likely N-dealkylation sites (tertiary alicyclic amines) is 1. The molecule has 3 fully saturated rings. The number of hydrogen-bond donors (Lipinski definition) is 1. The zero-order valence-corrected chi connectivity index (χ0v) is 11.6. The highest BCUT2D eigenvalue weighted by atomic mass is 16.5. The van der Waals surface area contributed by atoms with Crippen LogP contribution < -0.4 is 5.32 Å². The topological polar surface area (TPSA) is 36.9 Å². The van der Waals surface area contributed by atoms with Gasteiger partial charge in [-0.05, 0) is 32.1 Å². The predicted octanol–water partition coefficient (Wildman–Crippen LogP) is 1.47. The molecule has 18 heavy (non-hydrogen) atoms. The van der Waals surface area contributed by atoms with Crippen LogP contribution in [-0.2, 0) is 4.74 Å². The first-order valence-corrected chi connectivity index (χ1v) is 7.36. The summed E-state index contributed by atoms with van der Waals surface area (Å²) in [7, 11) is 0. The average Bonchev–Trinajstić information content (AvgIpc) is 2.83. The fourth-order valence-corrected chi connectivity index (χ4v) is 3.16. The van der Waals surface area contributed by atoms with E-state index >= 15 is 0 Å².